The first-order valence-corrected chi connectivity index (χ1v) is 14.7. The second kappa shape index (κ2) is 13.2. The molecular formula is C33H38N5O8. The summed E-state index contributed by atoms with van der Waals surface area (Å²) in [7, 11) is 1.71. The first-order chi connectivity index (χ1) is 21.5. The first-order valence-electron chi connectivity index (χ1n) is 14.7. The molecule has 1 fully saturated rings. The monoisotopic (exact) mass is 632 g/mol. The highest BCUT2D eigenvalue weighted by atomic mass is 16.6. The summed E-state index contributed by atoms with van der Waals surface area (Å²) in [5.41, 5.74) is 0.751. The van der Waals surface area contributed by atoms with Crippen molar-refractivity contribution in [1.82, 2.24) is 9.80 Å². The van der Waals surface area contributed by atoms with Crippen molar-refractivity contribution >= 4 is 41.3 Å². The number of imide groups is 1. The topological polar surface area (TPSA) is 159 Å². The lowest BCUT2D eigenvalue weighted by Crippen LogP contribution is -2.49. The fraction of sp³-hybridized carbons (Fsp3) is 0.424. The van der Waals surface area contributed by atoms with Gasteiger partial charge in [0.15, 0.2) is 0 Å². The second-order valence-corrected chi connectivity index (χ2v) is 13.0. The molecule has 2 aromatic carbocycles. The Hall–Kier alpha value is -4.96. The van der Waals surface area contributed by atoms with Gasteiger partial charge >= 0.3 is 12.2 Å². The van der Waals surface area contributed by atoms with Gasteiger partial charge in [-0.25, -0.2) is 14.5 Å². The van der Waals surface area contributed by atoms with Crippen molar-refractivity contribution in [3.63, 3.8) is 0 Å². The largest absolute Gasteiger partial charge is 0.443 e. The Balaban J connectivity index is 1.48. The van der Waals surface area contributed by atoms with Crippen LogP contribution in [0, 0.1) is 17.8 Å². The number of hydrogen-bond donors (Lipinski definition) is 1. The van der Waals surface area contributed by atoms with Crippen molar-refractivity contribution in [2.75, 3.05) is 30.4 Å². The minimum Gasteiger partial charge on any atom is -0.443 e. The molecule has 0 bridgehead atoms. The molecule has 243 valence electrons. The number of benzene rings is 2. The molecule has 0 saturated carbocycles. The van der Waals surface area contributed by atoms with Gasteiger partial charge < -0.3 is 29.3 Å². The average molecular weight is 633 g/mol. The molecule has 1 radical (unpaired) electrons. The summed E-state index contributed by atoms with van der Waals surface area (Å²) in [5, 5.41) is 12.4. The van der Waals surface area contributed by atoms with E-state index in [9.17, 15) is 29.2 Å². The Labute approximate surface area is 268 Å². The number of nitrogens with one attached hydrogen (secondary N) is 1. The number of ether oxygens (including phenoxy) is 3. The van der Waals surface area contributed by atoms with E-state index in [0.717, 1.165) is 16.9 Å². The zero-order valence-corrected chi connectivity index (χ0v) is 27.0. The third-order valence-electron chi connectivity index (χ3n) is 6.86. The third-order valence-corrected chi connectivity index (χ3v) is 6.86. The van der Waals surface area contributed by atoms with Gasteiger partial charge in [-0.2, -0.15) is 5.26 Å². The van der Waals surface area contributed by atoms with Gasteiger partial charge in [-0.05, 0) is 83.0 Å². The molecule has 2 heterocycles. The molecule has 46 heavy (non-hydrogen) atoms. The van der Waals surface area contributed by atoms with E-state index >= 15 is 0 Å². The van der Waals surface area contributed by atoms with Crippen LogP contribution in [0.4, 0.5) is 21.0 Å². The van der Waals surface area contributed by atoms with Gasteiger partial charge in [0, 0.05) is 37.1 Å². The van der Waals surface area contributed by atoms with E-state index in [1.165, 1.54) is 23.1 Å². The lowest BCUT2D eigenvalue weighted by Gasteiger charge is -2.32. The van der Waals surface area contributed by atoms with Crippen molar-refractivity contribution < 1.29 is 38.2 Å². The van der Waals surface area contributed by atoms with E-state index < -0.39 is 41.3 Å². The smallest absolute Gasteiger partial charge is 0.420 e. The van der Waals surface area contributed by atoms with Crippen LogP contribution in [-0.4, -0.2) is 77.2 Å². The van der Waals surface area contributed by atoms with Crippen LogP contribution in [0.2, 0.25) is 0 Å². The van der Waals surface area contributed by atoms with Crippen molar-refractivity contribution in [2.24, 2.45) is 0 Å². The standard InChI is InChI=1S/C33H38N5O8/c1-32(2,3)45-30(42)38(31(43)46-33(4,5)6)19-22-14-23(10-8-20(22)17-34)35-27(39)16-26-29(41)37(12-13-44-26)24-11-9-21-18-36(7)28(40)25(21)15-24/h8-11,14-16,26H,12-13,18-19H2,1-7H3,(H,35,39)/t26-/m1/s1. The van der Waals surface area contributed by atoms with Crippen LogP contribution < -0.4 is 10.2 Å². The van der Waals surface area contributed by atoms with Gasteiger partial charge in [0.1, 0.15) is 17.3 Å². The Morgan fingerprint density at radius 2 is 1.70 bits per heavy atom. The summed E-state index contributed by atoms with van der Waals surface area (Å²) in [6.45, 7) is 10.4. The van der Waals surface area contributed by atoms with Crippen molar-refractivity contribution in [3.05, 3.63) is 65.1 Å². The molecule has 5 amide bonds. The highest BCUT2D eigenvalue weighted by molar-refractivity contribution is 6.07. The molecule has 1 saturated heterocycles. The molecule has 0 spiro atoms. The van der Waals surface area contributed by atoms with E-state index in [0.29, 0.717) is 17.8 Å². The van der Waals surface area contributed by atoms with Crippen molar-refractivity contribution in [1.29, 1.82) is 5.26 Å². The Kier molecular flexibility index (Phi) is 9.72. The first kappa shape index (κ1) is 33.9. The van der Waals surface area contributed by atoms with Gasteiger partial charge in [0.2, 0.25) is 5.91 Å². The summed E-state index contributed by atoms with van der Waals surface area (Å²) in [6.07, 6.45) is -2.02. The number of rotatable bonds is 6. The minimum atomic E-state index is -1.19. The number of carbonyl (C=O) groups excluding carboxylic acids is 5. The summed E-state index contributed by atoms with van der Waals surface area (Å²) in [6, 6.07) is 11.6. The molecule has 0 aromatic heterocycles. The normalized spacial score (nSPS) is 16.4. The number of hydrogen-bond acceptors (Lipinski definition) is 9. The number of amides is 5. The quantitative estimate of drug-likeness (QED) is 0.487. The fourth-order valence-corrected chi connectivity index (χ4v) is 4.82. The number of nitrogens with zero attached hydrogens (tertiary/aromatic N) is 4. The lowest BCUT2D eigenvalue weighted by atomic mass is 10.1. The SMILES string of the molecule is CN1Cc2ccc(N3CCO[C@H]([CH]C(=O)Nc4ccc(C#N)c(CN(C(=O)OC(C)(C)C)C(=O)OC(C)(C)C)c4)C3=O)cc2C1=O. The number of fused-ring (bicyclic) bond motifs is 1. The molecule has 0 unspecified atom stereocenters. The molecule has 2 aliphatic rings. The summed E-state index contributed by atoms with van der Waals surface area (Å²) < 4.78 is 16.4. The van der Waals surface area contributed by atoms with Crippen molar-refractivity contribution in [2.45, 2.75) is 71.9 Å². The van der Waals surface area contributed by atoms with Gasteiger partial charge in [-0.1, -0.05) is 6.07 Å². The fourth-order valence-electron chi connectivity index (χ4n) is 4.82. The van der Waals surface area contributed by atoms with E-state index in [-0.39, 0.29) is 42.4 Å². The van der Waals surface area contributed by atoms with Crippen molar-refractivity contribution in [3.8, 4) is 6.07 Å². The maximum absolute atomic E-state index is 13.3. The maximum atomic E-state index is 13.3. The third kappa shape index (κ3) is 8.19. The van der Waals surface area contributed by atoms with Gasteiger partial charge in [0.05, 0.1) is 31.2 Å². The molecule has 1 N–H and O–H groups in total. The van der Waals surface area contributed by atoms with Crippen LogP contribution >= 0.6 is 0 Å². The van der Waals surface area contributed by atoms with Gasteiger partial charge in [0.25, 0.3) is 11.8 Å². The Morgan fingerprint density at radius 1 is 1.04 bits per heavy atom. The van der Waals surface area contributed by atoms with Crippen LogP contribution in [0.3, 0.4) is 0 Å². The molecule has 13 heteroatoms. The molecule has 4 rings (SSSR count). The number of nitriles is 1. The van der Waals surface area contributed by atoms with Crippen LogP contribution in [0.15, 0.2) is 36.4 Å². The van der Waals surface area contributed by atoms with E-state index in [4.69, 9.17) is 14.2 Å². The Morgan fingerprint density at radius 3 is 2.30 bits per heavy atom. The predicted molar refractivity (Wildman–Crippen MR) is 166 cm³/mol. The second-order valence-electron chi connectivity index (χ2n) is 13.0. The molecular weight excluding hydrogens is 594 g/mol. The highest BCUT2D eigenvalue weighted by Crippen LogP contribution is 2.29. The van der Waals surface area contributed by atoms with Gasteiger partial charge in [-0.15, -0.1) is 0 Å². The summed E-state index contributed by atoms with van der Waals surface area (Å²) in [5.74, 6) is -1.24. The zero-order chi connectivity index (χ0) is 34.0. The highest BCUT2D eigenvalue weighted by Gasteiger charge is 2.35. The van der Waals surface area contributed by atoms with E-state index in [2.05, 4.69) is 5.32 Å². The molecule has 1 atom stereocenters. The average Bonchev–Trinajstić information content (AvgIpc) is 3.23. The Bertz CT molecular complexity index is 1570. The van der Waals surface area contributed by atoms with Crippen LogP contribution in [0.25, 0.3) is 0 Å². The minimum absolute atomic E-state index is 0.123. The summed E-state index contributed by atoms with van der Waals surface area (Å²) >= 11 is 0. The van der Waals surface area contributed by atoms with Crippen LogP contribution in [0.1, 0.15) is 68.6 Å². The zero-order valence-electron chi connectivity index (χ0n) is 27.0. The molecule has 0 aliphatic carbocycles. The number of anilines is 2. The number of morpholine rings is 1. The van der Waals surface area contributed by atoms with Crippen LogP contribution in [-0.2, 0) is 36.9 Å². The molecule has 2 aliphatic heterocycles. The van der Waals surface area contributed by atoms with Gasteiger partial charge in [-0.3, -0.25) is 14.4 Å². The summed E-state index contributed by atoms with van der Waals surface area (Å²) in [4.78, 5) is 68.6. The van der Waals surface area contributed by atoms with Crippen LogP contribution in [0.5, 0.6) is 0 Å². The lowest BCUT2D eigenvalue weighted by molar-refractivity contribution is -0.133. The van der Waals surface area contributed by atoms with E-state index in [1.807, 2.05) is 12.1 Å². The van der Waals surface area contributed by atoms with E-state index in [1.54, 1.807) is 65.6 Å². The maximum Gasteiger partial charge on any atom is 0.420 e. The molecule has 13 nitrogen and oxygen atoms in total. The molecule has 2 aromatic rings. The number of carbonyl (C=O) groups is 5. The predicted octanol–water partition coefficient (Wildman–Crippen LogP) is 4.39.